The molecule has 0 aliphatic heterocycles. The van der Waals surface area contributed by atoms with E-state index < -0.39 is 11.5 Å². The highest BCUT2D eigenvalue weighted by atomic mass is 32.1. The molecule has 0 saturated carbocycles. The summed E-state index contributed by atoms with van der Waals surface area (Å²) in [6.07, 6.45) is 1.51. The van der Waals surface area contributed by atoms with Crippen LogP contribution in [0.3, 0.4) is 0 Å². The van der Waals surface area contributed by atoms with Gasteiger partial charge < -0.3 is 5.11 Å². The van der Waals surface area contributed by atoms with Crippen LogP contribution in [0, 0.1) is 6.92 Å². The normalized spacial score (nSPS) is 10.3. The zero-order chi connectivity index (χ0) is 11.7. The summed E-state index contributed by atoms with van der Waals surface area (Å²) in [6, 6.07) is 2.79. The van der Waals surface area contributed by atoms with Crippen molar-refractivity contribution in [3.8, 4) is 5.13 Å². The average molecular weight is 236 g/mol. The highest BCUT2D eigenvalue weighted by Gasteiger charge is 2.12. The van der Waals surface area contributed by atoms with Crippen LogP contribution >= 0.6 is 11.3 Å². The summed E-state index contributed by atoms with van der Waals surface area (Å²) in [7, 11) is 0. The molecule has 82 valence electrons. The molecule has 2 heterocycles. The average Bonchev–Trinajstić information content (AvgIpc) is 2.64. The Kier molecular flexibility index (Phi) is 2.57. The van der Waals surface area contributed by atoms with Crippen LogP contribution in [0.15, 0.2) is 28.5 Å². The van der Waals surface area contributed by atoms with Gasteiger partial charge >= 0.3 is 5.97 Å². The Bertz CT molecular complexity index is 600. The monoisotopic (exact) mass is 236 g/mol. The van der Waals surface area contributed by atoms with Crippen molar-refractivity contribution in [3.05, 3.63) is 45.3 Å². The van der Waals surface area contributed by atoms with Gasteiger partial charge in [0.25, 0.3) is 5.56 Å². The lowest BCUT2D eigenvalue weighted by Crippen LogP contribution is -2.24. The molecule has 0 radical (unpaired) electrons. The summed E-state index contributed by atoms with van der Waals surface area (Å²) in [4.78, 5) is 26.7. The molecule has 0 saturated heterocycles. The molecule has 2 aromatic heterocycles. The van der Waals surface area contributed by atoms with Gasteiger partial charge in [-0.05, 0) is 19.1 Å². The van der Waals surface area contributed by atoms with E-state index in [1.807, 2.05) is 6.92 Å². The van der Waals surface area contributed by atoms with Crippen molar-refractivity contribution in [2.45, 2.75) is 6.92 Å². The van der Waals surface area contributed by atoms with Crippen molar-refractivity contribution >= 4 is 17.3 Å². The summed E-state index contributed by atoms with van der Waals surface area (Å²) in [5.41, 5.74) is -0.0210. The fraction of sp³-hybridized carbons (Fsp3) is 0.100. The van der Waals surface area contributed by atoms with E-state index in [2.05, 4.69) is 4.98 Å². The number of carbonyl (C=O) groups is 1. The SMILES string of the molecule is Cc1csc(-n2cccc(C(=O)O)c2=O)n1. The summed E-state index contributed by atoms with van der Waals surface area (Å²) in [6.45, 7) is 1.81. The summed E-state index contributed by atoms with van der Waals surface area (Å²) in [5, 5.41) is 11.1. The second-order valence-corrected chi connectivity index (χ2v) is 4.01. The predicted octanol–water partition coefficient (Wildman–Crippen LogP) is 1.30. The highest BCUT2D eigenvalue weighted by Crippen LogP contribution is 2.12. The minimum absolute atomic E-state index is 0.254. The van der Waals surface area contributed by atoms with Crippen LogP contribution in [0.5, 0.6) is 0 Å². The molecule has 0 bridgehead atoms. The molecular formula is C10H8N2O3S. The molecule has 0 amide bonds. The topological polar surface area (TPSA) is 72.2 Å². The molecule has 2 rings (SSSR count). The molecule has 16 heavy (non-hydrogen) atoms. The third-order valence-corrected chi connectivity index (χ3v) is 2.95. The summed E-state index contributed by atoms with van der Waals surface area (Å²) < 4.78 is 1.24. The van der Waals surface area contributed by atoms with Crippen LogP contribution in [-0.2, 0) is 0 Å². The van der Waals surface area contributed by atoms with Crippen LogP contribution in [0.25, 0.3) is 5.13 Å². The van der Waals surface area contributed by atoms with Crippen LogP contribution in [-0.4, -0.2) is 20.6 Å². The number of hydrogen-bond donors (Lipinski definition) is 1. The van der Waals surface area contributed by atoms with E-state index in [-0.39, 0.29) is 5.56 Å². The van der Waals surface area contributed by atoms with E-state index in [4.69, 9.17) is 5.11 Å². The van der Waals surface area contributed by atoms with Gasteiger partial charge in [-0.1, -0.05) is 0 Å². The lowest BCUT2D eigenvalue weighted by atomic mass is 10.3. The highest BCUT2D eigenvalue weighted by molar-refractivity contribution is 7.12. The first-order valence-corrected chi connectivity index (χ1v) is 5.35. The number of aromatic carboxylic acids is 1. The summed E-state index contributed by atoms with van der Waals surface area (Å²) >= 11 is 1.30. The minimum atomic E-state index is -1.23. The zero-order valence-corrected chi connectivity index (χ0v) is 9.19. The molecule has 2 aromatic rings. The number of rotatable bonds is 2. The van der Waals surface area contributed by atoms with Gasteiger partial charge in [0, 0.05) is 11.6 Å². The first kappa shape index (κ1) is 10.6. The van der Waals surface area contributed by atoms with Crippen molar-refractivity contribution < 1.29 is 9.90 Å². The van der Waals surface area contributed by atoms with E-state index in [9.17, 15) is 9.59 Å². The molecule has 0 spiro atoms. The van der Waals surface area contributed by atoms with Crippen molar-refractivity contribution in [1.29, 1.82) is 0 Å². The number of carboxylic acid groups (broad SMARTS) is 1. The fourth-order valence-corrected chi connectivity index (χ4v) is 2.04. The number of hydrogen-bond acceptors (Lipinski definition) is 4. The van der Waals surface area contributed by atoms with E-state index in [1.165, 1.54) is 34.2 Å². The molecule has 6 heteroatoms. The Balaban J connectivity index is 2.63. The van der Waals surface area contributed by atoms with Crippen LogP contribution in [0.2, 0.25) is 0 Å². The number of carboxylic acids is 1. The second-order valence-electron chi connectivity index (χ2n) is 3.17. The first-order valence-electron chi connectivity index (χ1n) is 4.47. The van der Waals surface area contributed by atoms with Gasteiger partial charge in [0.05, 0.1) is 5.69 Å². The lowest BCUT2D eigenvalue weighted by Gasteiger charge is -2.01. The Morgan fingerprint density at radius 1 is 1.56 bits per heavy atom. The van der Waals surface area contributed by atoms with Gasteiger partial charge in [-0.15, -0.1) is 11.3 Å². The smallest absolute Gasteiger partial charge is 0.341 e. The maximum atomic E-state index is 11.8. The Labute approximate surface area is 94.6 Å². The van der Waals surface area contributed by atoms with E-state index in [0.717, 1.165) is 5.69 Å². The zero-order valence-electron chi connectivity index (χ0n) is 8.38. The van der Waals surface area contributed by atoms with E-state index in [1.54, 1.807) is 5.38 Å². The molecule has 0 aromatic carbocycles. The van der Waals surface area contributed by atoms with E-state index >= 15 is 0 Å². The largest absolute Gasteiger partial charge is 0.477 e. The number of thiazole rings is 1. The van der Waals surface area contributed by atoms with Crippen LogP contribution < -0.4 is 5.56 Å². The molecule has 0 fully saturated rings. The van der Waals surface area contributed by atoms with E-state index in [0.29, 0.717) is 5.13 Å². The molecular weight excluding hydrogens is 228 g/mol. The third-order valence-electron chi connectivity index (χ3n) is 1.99. The van der Waals surface area contributed by atoms with Crippen LogP contribution in [0.1, 0.15) is 16.1 Å². The molecule has 5 nitrogen and oxygen atoms in total. The standard InChI is InChI=1S/C10H8N2O3S/c1-6-5-16-10(11-6)12-4-2-3-7(8(12)13)9(14)15/h2-5H,1H3,(H,14,15). The Hall–Kier alpha value is -1.95. The number of aryl methyl sites for hydroxylation is 1. The van der Waals surface area contributed by atoms with Crippen molar-refractivity contribution in [2.24, 2.45) is 0 Å². The second kappa shape index (κ2) is 3.90. The molecule has 0 aliphatic carbocycles. The maximum Gasteiger partial charge on any atom is 0.341 e. The Morgan fingerprint density at radius 3 is 2.88 bits per heavy atom. The molecule has 0 unspecified atom stereocenters. The fourth-order valence-electron chi connectivity index (χ4n) is 1.26. The first-order chi connectivity index (χ1) is 7.59. The lowest BCUT2D eigenvalue weighted by molar-refractivity contribution is 0.0694. The number of pyridine rings is 1. The van der Waals surface area contributed by atoms with Gasteiger partial charge in [-0.3, -0.25) is 9.36 Å². The van der Waals surface area contributed by atoms with Gasteiger partial charge in [0.15, 0.2) is 5.13 Å². The molecule has 0 aliphatic rings. The van der Waals surface area contributed by atoms with Gasteiger partial charge in [0.1, 0.15) is 5.56 Å². The quantitative estimate of drug-likeness (QED) is 0.853. The van der Waals surface area contributed by atoms with Gasteiger partial charge in [-0.2, -0.15) is 0 Å². The van der Waals surface area contributed by atoms with Crippen LogP contribution in [0.4, 0.5) is 0 Å². The minimum Gasteiger partial charge on any atom is -0.477 e. The molecule has 1 N–H and O–H groups in total. The maximum absolute atomic E-state index is 11.8. The predicted molar refractivity (Wildman–Crippen MR) is 59.4 cm³/mol. The van der Waals surface area contributed by atoms with Crippen molar-refractivity contribution in [2.75, 3.05) is 0 Å². The van der Waals surface area contributed by atoms with Gasteiger partial charge in [-0.25, -0.2) is 9.78 Å². The van der Waals surface area contributed by atoms with Crippen molar-refractivity contribution in [3.63, 3.8) is 0 Å². The van der Waals surface area contributed by atoms with Crippen molar-refractivity contribution in [1.82, 2.24) is 9.55 Å². The number of aromatic nitrogens is 2. The summed E-state index contributed by atoms with van der Waals surface area (Å²) in [5.74, 6) is -1.23. The number of nitrogens with zero attached hydrogens (tertiary/aromatic N) is 2. The third kappa shape index (κ3) is 1.74. The molecule has 0 atom stereocenters. The van der Waals surface area contributed by atoms with Gasteiger partial charge in [0.2, 0.25) is 0 Å². The Morgan fingerprint density at radius 2 is 2.31 bits per heavy atom.